The van der Waals surface area contributed by atoms with Crippen LogP contribution >= 0.6 is 0 Å². The van der Waals surface area contributed by atoms with Crippen LogP contribution in [-0.4, -0.2) is 45.0 Å². The number of rotatable bonds is 4. The number of aromatic nitrogens is 2. The summed E-state index contributed by atoms with van der Waals surface area (Å²) in [4.78, 5) is 26.8. The number of likely N-dealkylation sites (tertiary alicyclic amines) is 1. The molecule has 7 nitrogen and oxygen atoms in total. The molecule has 7 heteroatoms. The summed E-state index contributed by atoms with van der Waals surface area (Å²) >= 11 is 0. The molecule has 3 rings (SSSR count). The van der Waals surface area contributed by atoms with Crippen molar-refractivity contribution in [1.82, 2.24) is 20.0 Å². The van der Waals surface area contributed by atoms with Gasteiger partial charge in [0.2, 0.25) is 0 Å². The van der Waals surface area contributed by atoms with Gasteiger partial charge in [0.05, 0.1) is 6.54 Å². The maximum atomic E-state index is 12.7. The molecule has 0 aliphatic carbocycles. The summed E-state index contributed by atoms with van der Waals surface area (Å²) in [5.41, 5.74) is 1.07. The maximum absolute atomic E-state index is 12.7. The van der Waals surface area contributed by atoms with Gasteiger partial charge in [0, 0.05) is 24.5 Å². The van der Waals surface area contributed by atoms with E-state index in [1.54, 1.807) is 23.2 Å². The van der Waals surface area contributed by atoms with E-state index in [0.29, 0.717) is 18.7 Å². The van der Waals surface area contributed by atoms with Crippen molar-refractivity contribution in [3.05, 3.63) is 53.9 Å². The number of hydrogen-bond donors (Lipinski definition) is 1. The summed E-state index contributed by atoms with van der Waals surface area (Å²) < 4.78 is 7.32. The Balaban J connectivity index is 1.62. The van der Waals surface area contributed by atoms with Crippen LogP contribution < -0.4 is 5.32 Å². The maximum Gasteiger partial charge on any atom is 0.411 e. The minimum Gasteiger partial charge on any atom is -0.444 e. The van der Waals surface area contributed by atoms with Gasteiger partial charge in [-0.2, -0.15) is 5.10 Å². The molecule has 1 atom stereocenters. The lowest BCUT2D eigenvalue weighted by molar-refractivity contribution is 0.00602. The van der Waals surface area contributed by atoms with Crippen molar-refractivity contribution in [2.24, 2.45) is 0 Å². The number of nitrogens with zero attached hydrogens (tertiary/aromatic N) is 3. The second kappa shape index (κ2) is 8.46. The van der Waals surface area contributed by atoms with E-state index in [2.05, 4.69) is 10.4 Å². The zero-order valence-electron chi connectivity index (χ0n) is 16.7. The predicted molar refractivity (Wildman–Crippen MR) is 106 cm³/mol. The first kappa shape index (κ1) is 19.9. The van der Waals surface area contributed by atoms with Crippen LogP contribution in [0.3, 0.4) is 0 Å². The van der Waals surface area contributed by atoms with Gasteiger partial charge in [0.25, 0.3) is 5.91 Å². The predicted octanol–water partition coefficient (Wildman–Crippen LogP) is 3.41. The molecule has 1 aliphatic heterocycles. The minimum atomic E-state index is -0.562. The van der Waals surface area contributed by atoms with Crippen molar-refractivity contribution < 1.29 is 14.3 Å². The zero-order chi connectivity index (χ0) is 20.1. The van der Waals surface area contributed by atoms with Gasteiger partial charge in [-0.1, -0.05) is 12.1 Å². The summed E-state index contributed by atoms with van der Waals surface area (Å²) in [5.74, 6) is -0.189. The highest BCUT2D eigenvalue weighted by Gasteiger charge is 2.31. The molecule has 0 radical (unpaired) electrons. The molecule has 2 aromatic rings. The number of amides is 2. The summed E-state index contributed by atoms with van der Waals surface area (Å²) in [6.07, 6.45) is 5.51. The van der Waals surface area contributed by atoms with Crippen LogP contribution in [-0.2, 0) is 11.3 Å². The zero-order valence-corrected chi connectivity index (χ0v) is 16.7. The van der Waals surface area contributed by atoms with Crippen LogP contribution in [0.15, 0.2) is 42.7 Å². The van der Waals surface area contributed by atoms with Crippen molar-refractivity contribution in [2.75, 3.05) is 6.54 Å². The van der Waals surface area contributed by atoms with Crippen molar-refractivity contribution in [3.8, 4) is 0 Å². The highest BCUT2D eigenvalue weighted by Crippen LogP contribution is 2.19. The number of hydrogen-bond acceptors (Lipinski definition) is 4. The molecule has 1 aliphatic rings. The largest absolute Gasteiger partial charge is 0.444 e. The van der Waals surface area contributed by atoms with Crippen LogP contribution in [0.2, 0.25) is 0 Å². The number of carbonyl (C=O) groups is 2. The molecule has 0 spiro atoms. The van der Waals surface area contributed by atoms with Crippen molar-refractivity contribution in [1.29, 1.82) is 0 Å². The standard InChI is InChI=1S/C21H28N4O3/c1-21(2,3)28-20(27)25-14-5-4-7-18(25)23-19(26)17-10-8-16(9-11-17)15-24-13-6-12-22-24/h6,8-13,18H,4-5,7,14-15H2,1-3H3,(H,23,26). The molecule has 28 heavy (non-hydrogen) atoms. The smallest absolute Gasteiger partial charge is 0.411 e. The van der Waals surface area contributed by atoms with Crippen LogP contribution in [0.4, 0.5) is 4.79 Å². The molecular formula is C21H28N4O3. The van der Waals surface area contributed by atoms with E-state index in [-0.39, 0.29) is 18.2 Å². The van der Waals surface area contributed by atoms with Gasteiger partial charge in [-0.25, -0.2) is 4.79 Å². The lowest BCUT2D eigenvalue weighted by atomic mass is 10.1. The number of nitrogens with one attached hydrogen (secondary N) is 1. The van der Waals surface area contributed by atoms with Crippen LogP contribution in [0, 0.1) is 0 Å². The molecule has 0 bridgehead atoms. The molecule has 1 unspecified atom stereocenters. The van der Waals surface area contributed by atoms with E-state index in [4.69, 9.17) is 4.74 Å². The second-order valence-corrected chi connectivity index (χ2v) is 8.06. The normalized spacial score (nSPS) is 17.2. The summed E-state index contributed by atoms with van der Waals surface area (Å²) in [6.45, 7) is 6.76. The van der Waals surface area contributed by atoms with Gasteiger partial charge in [-0.3, -0.25) is 14.4 Å². The lowest BCUT2D eigenvalue weighted by Gasteiger charge is -2.37. The molecule has 1 saturated heterocycles. The molecule has 1 aromatic carbocycles. The van der Waals surface area contributed by atoms with Crippen LogP contribution in [0.1, 0.15) is 56.0 Å². The third-order valence-corrected chi connectivity index (χ3v) is 4.55. The molecule has 1 N–H and O–H groups in total. The van der Waals surface area contributed by atoms with Crippen molar-refractivity contribution in [2.45, 2.75) is 58.3 Å². The molecule has 2 amide bonds. The van der Waals surface area contributed by atoms with Crippen LogP contribution in [0.5, 0.6) is 0 Å². The fourth-order valence-corrected chi connectivity index (χ4v) is 3.20. The van der Waals surface area contributed by atoms with Gasteiger partial charge in [0.1, 0.15) is 11.8 Å². The van der Waals surface area contributed by atoms with Crippen LogP contribution in [0.25, 0.3) is 0 Å². The Morgan fingerprint density at radius 3 is 2.61 bits per heavy atom. The first-order valence-electron chi connectivity index (χ1n) is 9.69. The number of carbonyl (C=O) groups excluding carboxylic acids is 2. The summed E-state index contributed by atoms with van der Waals surface area (Å²) in [5, 5.41) is 7.17. The highest BCUT2D eigenvalue weighted by molar-refractivity contribution is 5.94. The van der Waals surface area contributed by atoms with E-state index in [9.17, 15) is 9.59 Å². The van der Waals surface area contributed by atoms with Gasteiger partial charge in [-0.15, -0.1) is 0 Å². The average molecular weight is 384 g/mol. The SMILES string of the molecule is CC(C)(C)OC(=O)N1CCCCC1NC(=O)c1ccc(Cn2cccn2)cc1. The fourth-order valence-electron chi connectivity index (χ4n) is 3.20. The third kappa shape index (κ3) is 5.34. The van der Waals surface area contributed by atoms with E-state index < -0.39 is 5.60 Å². The summed E-state index contributed by atoms with van der Waals surface area (Å²) in [7, 11) is 0. The second-order valence-electron chi connectivity index (χ2n) is 8.06. The topological polar surface area (TPSA) is 76.5 Å². The van der Waals surface area contributed by atoms with E-state index >= 15 is 0 Å². The monoisotopic (exact) mass is 384 g/mol. The Morgan fingerprint density at radius 2 is 1.96 bits per heavy atom. The van der Waals surface area contributed by atoms with Gasteiger partial charge in [0.15, 0.2) is 0 Å². The van der Waals surface area contributed by atoms with Crippen molar-refractivity contribution >= 4 is 12.0 Å². The minimum absolute atomic E-state index is 0.189. The van der Waals surface area contributed by atoms with Gasteiger partial charge in [-0.05, 0) is 63.8 Å². The Bertz CT molecular complexity index is 794. The third-order valence-electron chi connectivity index (χ3n) is 4.55. The molecule has 150 valence electrons. The first-order valence-corrected chi connectivity index (χ1v) is 9.69. The number of benzene rings is 1. The molecule has 2 heterocycles. The lowest BCUT2D eigenvalue weighted by Crippen LogP contribution is -2.54. The van der Waals surface area contributed by atoms with E-state index in [1.807, 2.05) is 49.8 Å². The molecule has 1 aromatic heterocycles. The number of piperidine rings is 1. The quantitative estimate of drug-likeness (QED) is 0.876. The van der Waals surface area contributed by atoms with Gasteiger partial charge < -0.3 is 10.1 Å². The number of ether oxygens (including phenoxy) is 1. The van der Waals surface area contributed by atoms with E-state index in [0.717, 1.165) is 24.8 Å². The van der Waals surface area contributed by atoms with E-state index in [1.165, 1.54) is 0 Å². The fraction of sp³-hybridized carbons (Fsp3) is 0.476. The Kier molecular flexibility index (Phi) is 6.02. The molecular weight excluding hydrogens is 356 g/mol. The Hall–Kier alpha value is -2.83. The average Bonchev–Trinajstić information content (AvgIpc) is 3.14. The van der Waals surface area contributed by atoms with Gasteiger partial charge >= 0.3 is 6.09 Å². The Morgan fingerprint density at radius 1 is 1.21 bits per heavy atom. The Labute approximate surface area is 165 Å². The molecule has 0 saturated carbocycles. The first-order chi connectivity index (χ1) is 13.3. The summed E-state index contributed by atoms with van der Waals surface area (Å²) in [6, 6.07) is 9.32. The highest BCUT2D eigenvalue weighted by atomic mass is 16.6. The van der Waals surface area contributed by atoms with Crippen molar-refractivity contribution in [3.63, 3.8) is 0 Å². The molecule has 1 fully saturated rings.